The molecule has 0 amide bonds. The quantitative estimate of drug-likeness (QED) is 0.726. The molecule has 0 saturated carbocycles. The largest absolute Gasteiger partial charge is 0.573 e. The van der Waals surface area contributed by atoms with Crippen LogP contribution in [-0.2, 0) is 0 Å². The van der Waals surface area contributed by atoms with Gasteiger partial charge in [0.15, 0.2) is 0 Å². The number of aromatic nitrogens is 3. The molecule has 0 N–H and O–H groups in total. The van der Waals surface area contributed by atoms with Crippen molar-refractivity contribution in [3.8, 4) is 11.4 Å². The van der Waals surface area contributed by atoms with Crippen molar-refractivity contribution >= 4 is 17.1 Å². The smallest absolute Gasteiger partial charge is 0.406 e. The molecule has 0 bridgehead atoms. The van der Waals surface area contributed by atoms with Crippen molar-refractivity contribution in [2.24, 2.45) is 0 Å². The summed E-state index contributed by atoms with van der Waals surface area (Å²) in [6.45, 7) is 0. The molecule has 3 rings (SSSR count). The molecule has 0 fully saturated rings. The Morgan fingerprint density at radius 2 is 2.00 bits per heavy atom. The fraction of sp³-hybridized carbons (Fsp3) is 0.0769. The Morgan fingerprint density at radius 3 is 2.73 bits per heavy atom. The van der Waals surface area contributed by atoms with Crippen molar-refractivity contribution in [2.45, 2.75) is 6.36 Å². The van der Waals surface area contributed by atoms with E-state index in [4.69, 9.17) is 11.6 Å². The Kier molecular flexibility index (Phi) is 3.32. The van der Waals surface area contributed by atoms with Gasteiger partial charge in [-0.15, -0.1) is 13.2 Å². The summed E-state index contributed by atoms with van der Waals surface area (Å²) in [6.07, 6.45) is -2.11. The van der Waals surface area contributed by atoms with Crippen LogP contribution in [0.2, 0.25) is 5.02 Å². The highest BCUT2D eigenvalue weighted by Gasteiger charge is 2.31. The minimum absolute atomic E-state index is 0.131. The molecule has 0 aliphatic heterocycles. The van der Waals surface area contributed by atoms with Crippen molar-refractivity contribution < 1.29 is 17.9 Å². The highest BCUT2D eigenvalue weighted by molar-refractivity contribution is 6.33. The Bertz CT molecular complexity index is 901. The Balaban J connectivity index is 2.12. The van der Waals surface area contributed by atoms with Gasteiger partial charge < -0.3 is 4.74 Å². The molecule has 2 aromatic heterocycles. The first-order valence-corrected chi connectivity index (χ1v) is 6.34. The number of nitrogens with zero attached hydrogens (tertiary/aromatic N) is 3. The summed E-state index contributed by atoms with van der Waals surface area (Å²) in [6, 6.07) is 6.52. The first kappa shape index (κ1) is 14.5. The monoisotopic (exact) mass is 329 g/mol. The van der Waals surface area contributed by atoms with Crippen LogP contribution >= 0.6 is 11.6 Å². The van der Waals surface area contributed by atoms with Gasteiger partial charge >= 0.3 is 6.36 Å². The predicted molar refractivity (Wildman–Crippen MR) is 72.5 cm³/mol. The maximum Gasteiger partial charge on any atom is 0.573 e. The Labute approximate surface area is 126 Å². The Hall–Kier alpha value is -2.48. The summed E-state index contributed by atoms with van der Waals surface area (Å²) in [5, 5.41) is 4.18. The number of hydrogen-bond donors (Lipinski definition) is 0. The molecule has 22 heavy (non-hydrogen) atoms. The van der Waals surface area contributed by atoms with Gasteiger partial charge in [-0.05, 0) is 18.2 Å². The minimum Gasteiger partial charge on any atom is -0.406 e. The van der Waals surface area contributed by atoms with Crippen molar-refractivity contribution in [2.75, 3.05) is 0 Å². The summed E-state index contributed by atoms with van der Waals surface area (Å²) >= 11 is 5.91. The van der Waals surface area contributed by atoms with Crippen molar-refractivity contribution in [1.82, 2.24) is 14.2 Å². The number of halogens is 4. The second kappa shape index (κ2) is 5.06. The summed E-state index contributed by atoms with van der Waals surface area (Å²) in [7, 11) is 0. The number of rotatable bonds is 2. The molecule has 1 aromatic carbocycles. The SMILES string of the molecule is O=c1c2c(Cl)ccn2ncn1-c1cccc(OC(F)(F)F)c1. The molecular weight excluding hydrogens is 323 g/mol. The average molecular weight is 330 g/mol. The Morgan fingerprint density at radius 1 is 1.23 bits per heavy atom. The van der Waals surface area contributed by atoms with Gasteiger partial charge in [0, 0.05) is 12.3 Å². The van der Waals surface area contributed by atoms with Gasteiger partial charge in [0.05, 0.1) is 10.7 Å². The molecule has 5 nitrogen and oxygen atoms in total. The van der Waals surface area contributed by atoms with E-state index < -0.39 is 17.7 Å². The summed E-state index contributed by atoms with van der Waals surface area (Å²) in [4.78, 5) is 12.4. The van der Waals surface area contributed by atoms with Crippen LogP contribution in [0.25, 0.3) is 11.2 Å². The van der Waals surface area contributed by atoms with E-state index in [1.807, 2.05) is 0 Å². The lowest BCUT2D eigenvalue weighted by atomic mass is 10.3. The fourth-order valence-corrected chi connectivity index (χ4v) is 2.21. The standard InChI is InChI=1S/C13H7ClF3N3O2/c14-10-4-5-20-11(10)12(21)19(7-18-20)8-2-1-3-9(6-8)22-13(15,16)17/h1-7H. The summed E-state index contributed by atoms with van der Waals surface area (Å²) in [5.74, 6) is -0.432. The molecule has 0 aliphatic rings. The van der Waals surface area contributed by atoms with Crippen LogP contribution in [0.1, 0.15) is 0 Å². The first-order valence-electron chi connectivity index (χ1n) is 5.96. The normalized spacial score (nSPS) is 11.8. The van der Waals surface area contributed by atoms with Gasteiger partial charge in [0.2, 0.25) is 0 Å². The lowest BCUT2D eigenvalue weighted by Crippen LogP contribution is -2.22. The highest BCUT2D eigenvalue weighted by atomic mass is 35.5. The third-order valence-corrected chi connectivity index (χ3v) is 3.16. The zero-order chi connectivity index (χ0) is 15.9. The molecule has 0 atom stereocenters. The van der Waals surface area contributed by atoms with E-state index in [2.05, 4.69) is 9.84 Å². The van der Waals surface area contributed by atoms with Crippen LogP contribution in [-0.4, -0.2) is 20.5 Å². The zero-order valence-corrected chi connectivity index (χ0v) is 11.5. The van der Waals surface area contributed by atoms with E-state index in [-0.39, 0.29) is 16.2 Å². The summed E-state index contributed by atoms with van der Waals surface area (Å²) in [5.41, 5.74) is -0.195. The zero-order valence-electron chi connectivity index (χ0n) is 10.7. The third-order valence-electron chi connectivity index (χ3n) is 2.86. The van der Waals surface area contributed by atoms with E-state index >= 15 is 0 Å². The highest BCUT2D eigenvalue weighted by Crippen LogP contribution is 2.24. The molecule has 0 spiro atoms. The maximum atomic E-state index is 12.4. The maximum absolute atomic E-state index is 12.4. The number of ether oxygens (including phenoxy) is 1. The predicted octanol–water partition coefficient (Wildman–Crippen LogP) is 3.04. The molecule has 114 valence electrons. The molecule has 0 saturated heterocycles. The molecular formula is C13H7ClF3N3O2. The van der Waals surface area contributed by atoms with Crippen LogP contribution in [0.3, 0.4) is 0 Å². The van der Waals surface area contributed by atoms with E-state index in [0.29, 0.717) is 0 Å². The van der Waals surface area contributed by atoms with Gasteiger partial charge in [-0.2, -0.15) is 5.10 Å². The second-order valence-electron chi connectivity index (χ2n) is 4.31. The molecule has 0 radical (unpaired) electrons. The molecule has 0 aliphatic carbocycles. The van der Waals surface area contributed by atoms with Crippen LogP contribution in [0.15, 0.2) is 47.7 Å². The van der Waals surface area contributed by atoms with Gasteiger partial charge in [0.1, 0.15) is 17.6 Å². The molecule has 3 aromatic rings. The first-order chi connectivity index (χ1) is 10.3. The van der Waals surface area contributed by atoms with Crippen molar-refractivity contribution in [1.29, 1.82) is 0 Å². The van der Waals surface area contributed by atoms with Gasteiger partial charge in [-0.1, -0.05) is 17.7 Å². The topological polar surface area (TPSA) is 48.5 Å². The number of fused-ring (bicyclic) bond motifs is 1. The van der Waals surface area contributed by atoms with E-state index in [1.165, 1.54) is 35.2 Å². The number of benzene rings is 1. The second-order valence-corrected chi connectivity index (χ2v) is 4.72. The van der Waals surface area contributed by atoms with Crippen LogP contribution in [0.5, 0.6) is 5.75 Å². The molecule has 0 unspecified atom stereocenters. The van der Waals surface area contributed by atoms with Crippen molar-refractivity contribution in [3.05, 3.63) is 58.2 Å². The third kappa shape index (κ3) is 2.64. The lowest BCUT2D eigenvalue weighted by Gasteiger charge is -2.11. The minimum atomic E-state index is -4.81. The molecule has 9 heteroatoms. The van der Waals surface area contributed by atoms with Crippen molar-refractivity contribution in [3.63, 3.8) is 0 Å². The van der Waals surface area contributed by atoms with Gasteiger partial charge in [0.25, 0.3) is 5.56 Å². The average Bonchev–Trinajstić information content (AvgIpc) is 2.80. The fourth-order valence-electron chi connectivity index (χ4n) is 1.98. The van der Waals surface area contributed by atoms with Gasteiger partial charge in [-0.25, -0.2) is 4.52 Å². The van der Waals surface area contributed by atoms with E-state index in [1.54, 1.807) is 0 Å². The van der Waals surface area contributed by atoms with Crippen LogP contribution in [0.4, 0.5) is 13.2 Å². The molecule has 2 heterocycles. The lowest BCUT2D eigenvalue weighted by molar-refractivity contribution is -0.274. The summed E-state index contributed by atoms with van der Waals surface area (Å²) < 4.78 is 43.0. The van der Waals surface area contributed by atoms with E-state index in [0.717, 1.165) is 16.7 Å². The van der Waals surface area contributed by atoms with Crippen LogP contribution in [0, 0.1) is 0 Å². The van der Waals surface area contributed by atoms with Gasteiger partial charge in [-0.3, -0.25) is 9.36 Å². The number of hydrogen-bond acceptors (Lipinski definition) is 3. The van der Waals surface area contributed by atoms with E-state index in [9.17, 15) is 18.0 Å². The number of alkyl halides is 3. The van der Waals surface area contributed by atoms with Crippen LogP contribution < -0.4 is 10.3 Å².